The van der Waals surface area contributed by atoms with E-state index in [-0.39, 0.29) is 11.8 Å². The molecule has 0 aromatic carbocycles. The summed E-state index contributed by atoms with van der Waals surface area (Å²) < 4.78 is 0. The van der Waals surface area contributed by atoms with Crippen molar-refractivity contribution in [2.24, 2.45) is 11.8 Å². The number of hydrogen-bond donors (Lipinski definition) is 3. The Hall–Kier alpha value is -1.43. The summed E-state index contributed by atoms with van der Waals surface area (Å²) in [5, 5.41) is 12.4. The Labute approximate surface area is 87.9 Å². The van der Waals surface area contributed by atoms with Crippen LogP contribution in [0, 0.1) is 11.8 Å². The van der Waals surface area contributed by atoms with Gasteiger partial charge in [0.15, 0.2) is 0 Å². The van der Waals surface area contributed by atoms with Crippen molar-refractivity contribution in [1.82, 2.24) is 25.8 Å². The molecule has 2 heterocycles. The molecule has 1 atom stereocenters. The molecule has 3 N–H and O–H groups in total. The Morgan fingerprint density at radius 3 is 3.07 bits per heavy atom. The number of aromatic nitrogens is 3. The summed E-state index contributed by atoms with van der Waals surface area (Å²) in [4.78, 5) is 15.6. The highest BCUT2D eigenvalue weighted by Crippen LogP contribution is 2.15. The molecule has 15 heavy (non-hydrogen) atoms. The van der Waals surface area contributed by atoms with Gasteiger partial charge in [-0.25, -0.2) is 4.98 Å². The number of carbonyl (C=O) groups excluding carboxylic acids is 1. The van der Waals surface area contributed by atoms with E-state index in [2.05, 4.69) is 25.8 Å². The van der Waals surface area contributed by atoms with Crippen molar-refractivity contribution < 1.29 is 4.79 Å². The van der Waals surface area contributed by atoms with E-state index in [4.69, 9.17) is 0 Å². The minimum Gasteiger partial charge on any atom is -0.349 e. The van der Waals surface area contributed by atoms with Crippen LogP contribution in [-0.2, 0) is 11.3 Å². The molecule has 0 radical (unpaired) electrons. The quantitative estimate of drug-likeness (QED) is 0.611. The molecule has 1 aromatic rings. The molecule has 0 aliphatic carbocycles. The van der Waals surface area contributed by atoms with Crippen molar-refractivity contribution in [3.05, 3.63) is 12.2 Å². The van der Waals surface area contributed by atoms with Gasteiger partial charge in [-0.3, -0.25) is 9.89 Å². The molecule has 1 saturated heterocycles. The molecule has 0 saturated carbocycles. The van der Waals surface area contributed by atoms with E-state index < -0.39 is 0 Å². The summed E-state index contributed by atoms with van der Waals surface area (Å²) in [6.45, 7) is 4.26. The number of H-pyrrole nitrogens is 1. The van der Waals surface area contributed by atoms with Crippen molar-refractivity contribution >= 4 is 5.91 Å². The zero-order valence-corrected chi connectivity index (χ0v) is 8.66. The normalized spacial score (nSPS) is 18.2. The first kappa shape index (κ1) is 10.1. The molecule has 2 rings (SSSR count). The molecule has 1 amide bonds. The molecule has 1 aliphatic heterocycles. The van der Waals surface area contributed by atoms with Gasteiger partial charge in [0, 0.05) is 5.92 Å². The number of nitrogens with one attached hydrogen (secondary N) is 3. The Morgan fingerprint density at radius 1 is 1.73 bits per heavy atom. The van der Waals surface area contributed by atoms with Crippen LogP contribution in [0.2, 0.25) is 0 Å². The highest BCUT2D eigenvalue weighted by molar-refractivity contribution is 5.78. The highest BCUT2D eigenvalue weighted by Gasteiger charge is 2.28. The van der Waals surface area contributed by atoms with E-state index in [0.717, 1.165) is 13.1 Å². The number of carbonyl (C=O) groups is 1. The number of aromatic amines is 1. The summed E-state index contributed by atoms with van der Waals surface area (Å²) in [6, 6.07) is 0. The van der Waals surface area contributed by atoms with Crippen LogP contribution >= 0.6 is 0 Å². The largest absolute Gasteiger partial charge is 0.349 e. The second-order valence-electron chi connectivity index (χ2n) is 3.86. The van der Waals surface area contributed by atoms with Gasteiger partial charge in [-0.15, -0.1) is 0 Å². The molecule has 0 spiro atoms. The standard InChI is InChI=1S/C9H15N5O/c1-6(7-2-10-3-7)9(15)11-4-8-12-5-13-14-8/h5-7,10H,2-4H2,1H3,(H,11,15)(H,12,13,14). The SMILES string of the molecule is CC(C(=O)NCc1ncn[nH]1)C1CNC1. The molecule has 0 bridgehead atoms. The van der Waals surface area contributed by atoms with Gasteiger partial charge in [0.1, 0.15) is 12.2 Å². The number of amides is 1. The first-order valence-electron chi connectivity index (χ1n) is 5.10. The third-order valence-corrected chi connectivity index (χ3v) is 2.83. The zero-order valence-electron chi connectivity index (χ0n) is 8.66. The van der Waals surface area contributed by atoms with Gasteiger partial charge in [0.2, 0.25) is 5.91 Å². The van der Waals surface area contributed by atoms with Gasteiger partial charge in [0.05, 0.1) is 6.54 Å². The van der Waals surface area contributed by atoms with Gasteiger partial charge in [-0.1, -0.05) is 6.92 Å². The fraction of sp³-hybridized carbons (Fsp3) is 0.667. The third-order valence-electron chi connectivity index (χ3n) is 2.83. The van der Waals surface area contributed by atoms with Gasteiger partial charge < -0.3 is 10.6 Å². The van der Waals surface area contributed by atoms with Gasteiger partial charge >= 0.3 is 0 Å². The van der Waals surface area contributed by atoms with E-state index in [9.17, 15) is 4.79 Å². The van der Waals surface area contributed by atoms with Crippen LogP contribution in [0.25, 0.3) is 0 Å². The van der Waals surface area contributed by atoms with E-state index in [1.54, 1.807) is 0 Å². The maximum atomic E-state index is 11.7. The van der Waals surface area contributed by atoms with Crippen molar-refractivity contribution in [3.8, 4) is 0 Å². The molecule has 1 aromatic heterocycles. The molecule has 82 valence electrons. The van der Waals surface area contributed by atoms with Crippen molar-refractivity contribution in [3.63, 3.8) is 0 Å². The van der Waals surface area contributed by atoms with Crippen LogP contribution in [0.5, 0.6) is 0 Å². The van der Waals surface area contributed by atoms with Crippen LogP contribution < -0.4 is 10.6 Å². The maximum absolute atomic E-state index is 11.7. The molecule has 1 aliphatic rings. The summed E-state index contributed by atoms with van der Waals surface area (Å²) in [7, 11) is 0. The lowest BCUT2D eigenvalue weighted by Crippen LogP contribution is -2.49. The molecule has 1 unspecified atom stereocenters. The molecule has 6 nitrogen and oxygen atoms in total. The Balaban J connectivity index is 1.76. The Morgan fingerprint density at radius 2 is 2.53 bits per heavy atom. The van der Waals surface area contributed by atoms with Crippen LogP contribution in [0.15, 0.2) is 6.33 Å². The number of rotatable bonds is 4. The minimum atomic E-state index is 0.0640. The predicted molar refractivity (Wildman–Crippen MR) is 53.8 cm³/mol. The fourth-order valence-corrected chi connectivity index (χ4v) is 1.53. The molecular formula is C9H15N5O. The number of hydrogen-bond acceptors (Lipinski definition) is 4. The van der Waals surface area contributed by atoms with Gasteiger partial charge in [-0.05, 0) is 19.0 Å². The van der Waals surface area contributed by atoms with Crippen molar-refractivity contribution in [1.29, 1.82) is 0 Å². The minimum absolute atomic E-state index is 0.0640. The average Bonchev–Trinajstić information content (AvgIpc) is 2.63. The summed E-state index contributed by atoms with van der Waals surface area (Å²) >= 11 is 0. The van der Waals surface area contributed by atoms with E-state index in [0.29, 0.717) is 18.3 Å². The second kappa shape index (κ2) is 4.39. The molecular weight excluding hydrogens is 194 g/mol. The molecule has 1 fully saturated rings. The van der Waals surface area contributed by atoms with Gasteiger partial charge in [-0.2, -0.15) is 5.10 Å². The lowest BCUT2D eigenvalue weighted by molar-refractivity contribution is -0.126. The summed E-state index contributed by atoms with van der Waals surface area (Å²) in [5.41, 5.74) is 0. The van der Waals surface area contributed by atoms with E-state index in [1.807, 2.05) is 6.92 Å². The molecule has 6 heteroatoms. The van der Waals surface area contributed by atoms with Crippen LogP contribution in [0.4, 0.5) is 0 Å². The highest BCUT2D eigenvalue weighted by atomic mass is 16.1. The Bertz CT molecular complexity index is 319. The first-order valence-corrected chi connectivity index (χ1v) is 5.10. The van der Waals surface area contributed by atoms with E-state index >= 15 is 0 Å². The number of nitrogens with zero attached hydrogens (tertiary/aromatic N) is 2. The fourth-order valence-electron chi connectivity index (χ4n) is 1.53. The smallest absolute Gasteiger partial charge is 0.223 e. The first-order chi connectivity index (χ1) is 7.27. The monoisotopic (exact) mass is 209 g/mol. The predicted octanol–water partition coefficient (Wildman–Crippen LogP) is -0.724. The zero-order chi connectivity index (χ0) is 10.7. The Kier molecular flexibility index (Phi) is 2.96. The maximum Gasteiger partial charge on any atom is 0.223 e. The summed E-state index contributed by atoms with van der Waals surface area (Å²) in [6.07, 6.45) is 1.43. The van der Waals surface area contributed by atoms with Crippen LogP contribution in [0.3, 0.4) is 0 Å². The van der Waals surface area contributed by atoms with Crippen LogP contribution in [-0.4, -0.2) is 34.2 Å². The van der Waals surface area contributed by atoms with Crippen molar-refractivity contribution in [2.75, 3.05) is 13.1 Å². The van der Waals surface area contributed by atoms with E-state index in [1.165, 1.54) is 6.33 Å². The summed E-state index contributed by atoms with van der Waals surface area (Å²) in [5.74, 6) is 1.30. The average molecular weight is 209 g/mol. The third kappa shape index (κ3) is 2.33. The van der Waals surface area contributed by atoms with Gasteiger partial charge in [0.25, 0.3) is 0 Å². The lowest BCUT2D eigenvalue weighted by atomic mass is 9.88. The van der Waals surface area contributed by atoms with Crippen molar-refractivity contribution in [2.45, 2.75) is 13.5 Å². The lowest BCUT2D eigenvalue weighted by Gasteiger charge is -2.31. The topological polar surface area (TPSA) is 82.7 Å². The second-order valence-corrected chi connectivity index (χ2v) is 3.86. The van der Waals surface area contributed by atoms with Crippen LogP contribution in [0.1, 0.15) is 12.7 Å².